The fourth-order valence-corrected chi connectivity index (χ4v) is 2.95. The van der Waals surface area contributed by atoms with Crippen LogP contribution in [-0.4, -0.2) is 53.4 Å². The van der Waals surface area contributed by atoms with Crippen LogP contribution in [0.2, 0.25) is 0 Å². The molecule has 29 heavy (non-hydrogen) atoms. The summed E-state index contributed by atoms with van der Waals surface area (Å²) in [7, 11) is 0. The molecule has 0 fully saturated rings. The van der Waals surface area contributed by atoms with Gasteiger partial charge < -0.3 is 14.2 Å². The van der Waals surface area contributed by atoms with Crippen LogP contribution in [0.15, 0.2) is 35.3 Å². The maximum atomic E-state index is 13.2. The third-order valence-electron chi connectivity index (χ3n) is 4.07. The number of benzene rings is 1. The van der Waals surface area contributed by atoms with Gasteiger partial charge in [0.05, 0.1) is 13.2 Å². The molecule has 0 N–H and O–H groups in total. The molecule has 0 spiro atoms. The van der Waals surface area contributed by atoms with Gasteiger partial charge >= 0.3 is 18.2 Å². The minimum absolute atomic E-state index is 0.00507. The van der Waals surface area contributed by atoms with Crippen LogP contribution in [0.25, 0.3) is 0 Å². The number of nitrogens with zero attached hydrogens (tertiary/aromatic N) is 3. The SMILES string of the molecule is CCOC(=O)N1C=NC(CC(C)C)(C(=O)OCc2ccccc2)N1C(=O)OCC. The van der Waals surface area contributed by atoms with Gasteiger partial charge in [-0.3, -0.25) is 0 Å². The first-order valence-corrected chi connectivity index (χ1v) is 9.55. The zero-order valence-corrected chi connectivity index (χ0v) is 17.2. The molecule has 1 heterocycles. The van der Waals surface area contributed by atoms with E-state index in [4.69, 9.17) is 14.2 Å². The van der Waals surface area contributed by atoms with Gasteiger partial charge in [-0.1, -0.05) is 44.2 Å². The van der Waals surface area contributed by atoms with Gasteiger partial charge in [-0.05, 0) is 25.3 Å². The van der Waals surface area contributed by atoms with E-state index in [9.17, 15) is 14.4 Å². The van der Waals surface area contributed by atoms with Crippen LogP contribution < -0.4 is 0 Å². The molecule has 1 aromatic rings. The summed E-state index contributed by atoms with van der Waals surface area (Å²) in [5, 5.41) is 1.73. The number of hydrogen-bond donors (Lipinski definition) is 0. The molecule has 0 saturated heterocycles. The molecule has 1 atom stereocenters. The van der Waals surface area contributed by atoms with E-state index in [1.165, 1.54) is 0 Å². The average molecular weight is 405 g/mol. The summed E-state index contributed by atoms with van der Waals surface area (Å²) >= 11 is 0. The van der Waals surface area contributed by atoms with Gasteiger partial charge in [0.1, 0.15) is 12.9 Å². The lowest BCUT2D eigenvalue weighted by atomic mass is 9.97. The van der Waals surface area contributed by atoms with Crippen molar-refractivity contribution in [2.45, 2.75) is 46.4 Å². The van der Waals surface area contributed by atoms with Crippen molar-refractivity contribution >= 4 is 24.5 Å². The second kappa shape index (κ2) is 9.90. The zero-order chi connectivity index (χ0) is 21.4. The predicted octanol–water partition coefficient (Wildman–Crippen LogP) is 3.35. The molecule has 0 aromatic heterocycles. The smallest absolute Gasteiger partial charge is 0.434 e. The van der Waals surface area contributed by atoms with Crippen LogP contribution in [0.5, 0.6) is 0 Å². The summed E-state index contributed by atoms with van der Waals surface area (Å²) in [6.07, 6.45) is -0.506. The van der Waals surface area contributed by atoms with Gasteiger partial charge in [-0.15, -0.1) is 0 Å². The summed E-state index contributed by atoms with van der Waals surface area (Å²) in [4.78, 5) is 42.5. The maximum Gasteiger partial charge on any atom is 0.434 e. The van der Waals surface area contributed by atoms with Crippen molar-refractivity contribution in [3.8, 4) is 0 Å². The number of aliphatic imine (C=N–C) groups is 1. The van der Waals surface area contributed by atoms with E-state index >= 15 is 0 Å². The van der Waals surface area contributed by atoms with E-state index in [-0.39, 0.29) is 32.2 Å². The Hall–Kier alpha value is -3.10. The second-order valence-electron chi connectivity index (χ2n) is 6.78. The van der Waals surface area contributed by atoms with Gasteiger partial charge in [-0.25, -0.2) is 19.4 Å². The molecule has 1 aliphatic heterocycles. The van der Waals surface area contributed by atoms with Gasteiger partial charge in [0.25, 0.3) is 5.66 Å². The van der Waals surface area contributed by atoms with Crippen molar-refractivity contribution in [3.63, 3.8) is 0 Å². The number of hydrazine groups is 1. The molecule has 0 aliphatic carbocycles. The predicted molar refractivity (Wildman–Crippen MR) is 105 cm³/mol. The minimum Gasteiger partial charge on any atom is -0.458 e. The zero-order valence-electron chi connectivity index (χ0n) is 17.2. The second-order valence-corrected chi connectivity index (χ2v) is 6.78. The van der Waals surface area contributed by atoms with Gasteiger partial charge in [0.2, 0.25) is 0 Å². The van der Waals surface area contributed by atoms with E-state index in [2.05, 4.69) is 4.99 Å². The lowest BCUT2D eigenvalue weighted by Crippen LogP contribution is -2.60. The quantitative estimate of drug-likeness (QED) is 0.510. The molecular weight excluding hydrogens is 378 g/mol. The molecular formula is C20H27N3O6. The van der Waals surface area contributed by atoms with Crippen molar-refractivity contribution < 1.29 is 28.6 Å². The number of amides is 2. The molecule has 0 radical (unpaired) electrons. The number of carbonyl (C=O) groups is 3. The number of esters is 1. The Morgan fingerprint density at radius 3 is 2.21 bits per heavy atom. The highest BCUT2D eigenvalue weighted by Crippen LogP contribution is 2.34. The van der Waals surface area contributed by atoms with E-state index in [1.807, 2.05) is 44.2 Å². The highest BCUT2D eigenvalue weighted by Gasteiger charge is 2.56. The third kappa shape index (κ3) is 5.04. The van der Waals surface area contributed by atoms with Crippen LogP contribution >= 0.6 is 0 Å². The fraction of sp³-hybridized carbons (Fsp3) is 0.500. The Bertz CT molecular complexity index is 752. The average Bonchev–Trinajstić information content (AvgIpc) is 3.07. The molecule has 2 amide bonds. The summed E-state index contributed by atoms with van der Waals surface area (Å²) in [5.41, 5.74) is -0.977. The van der Waals surface area contributed by atoms with Crippen LogP contribution in [0.1, 0.15) is 39.7 Å². The van der Waals surface area contributed by atoms with E-state index in [0.717, 1.165) is 21.9 Å². The number of hydrogen-bond acceptors (Lipinski definition) is 7. The van der Waals surface area contributed by atoms with Gasteiger partial charge in [0.15, 0.2) is 0 Å². The normalized spacial score (nSPS) is 18.1. The Morgan fingerprint density at radius 2 is 1.62 bits per heavy atom. The number of carbonyl (C=O) groups excluding carboxylic acids is 3. The number of rotatable bonds is 7. The molecule has 2 rings (SSSR count). The van der Waals surface area contributed by atoms with Crippen LogP contribution in [0.3, 0.4) is 0 Å². The highest BCUT2D eigenvalue weighted by atomic mass is 16.6. The molecule has 9 nitrogen and oxygen atoms in total. The van der Waals surface area contributed by atoms with Crippen molar-refractivity contribution in [2.24, 2.45) is 10.9 Å². The molecule has 1 aliphatic rings. The van der Waals surface area contributed by atoms with Crippen LogP contribution in [0, 0.1) is 5.92 Å². The monoisotopic (exact) mass is 405 g/mol. The third-order valence-corrected chi connectivity index (χ3v) is 4.07. The molecule has 0 saturated carbocycles. The van der Waals surface area contributed by atoms with Crippen molar-refractivity contribution in [3.05, 3.63) is 35.9 Å². The summed E-state index contributed by atoms with van der Waals surface area (Å²) in [6, 6.07) is 9.14. The van der Waals surface area contributed by atoms with Crippen LogP contribution in [-0.2, 0) is 25.6 Å². The largest absolute Gasteiger partial charge is 0.458 e. The summed E-state index contributed by atoms with van der Waals surface area (Å²) < 4.78 is 15.6. The van der Waals surface area contributed by atoms with Crippen molar-refractivity contribution in [2.75, 3.05) is 13.2 Å². The molecule has 1 unspecified atom stereocenters. The van der Waals surface area contributed by atoms with Gasteiger partial charge in [0, 0.05) is 6.42 Å². The Balaban J connectivity index is 2.36. The van der Waals surface area contributed by atoms with Crippen molar-refractivity contribution in [1.82, 2.24) is 10.0 Å². The summed E-state index contributed by atoms with van der Waals surface area (Å²) in [5.74, 6) is -0.804. The Morgan fingerprint density at radius 1 is 1.00 bits per heavy atom. The minimum atomic E-state index is -1.76. The standard InChI is InChI=1S/C20H27N3O6/c1-5-27-18(25)22-14-21-20(12-15(3)4,23(22)19(26)28-6-2)17(24)29-13-16-10-8-7-9-11-16/h7-11,14-15H,5-6,12-13H2,1-4H3. The molecule has 9 heteroatoms. The van der Waals surface area contributed by atoms with E-state index < -0.39 is 23.8 Å². The number of ether oxygens (including phenoxy) is 3. The van der Waals surface area contributed by atoms with Crippen molar-refractivity contribution in [1.29, 1.82) is 0 Å². The van der Waals surface area contributed by atoms with E-state index in [1.54, 1.807) is 13.8 Å². The fourth-order valence-electron chi connectivity index (χ4n) is 2.95. The first-order chi connectivity index (χ1) is 13.9. The summed E-state index contributed by atoms with van der Waals surface area (Å²) in [6.45, 7) is 7.16. The van der Waals surface area contributed by atoms with Gasteiger partial charge in [-0.2, -0.15) is 10.0 Å². The Kier molecular flexibility index (Phi) is 7.58. The highest BCUT2D eigenvalue weighted by molar-refractivity contribution is 5.95. The lowest BCUT2D eigenvalue weighted by molar-refractivity contribution is -0.164. The topological polar surface area (TPSA) is 97.7 Å². The maximum absolute atomic E-state index is 13.2. The molecule has 0 bridgehead atoms. The molecule has 1 aromatic carbocycles. The lowest BCUT2D eigenvalue weighted by Gasteiger charge is -2.36. The first kappa shape index (κ1) is 22.2. The van der Waals surface area contributed by atoms with E-state index in [0.29, 0.717) is 0 Å². The molecule has 158 valence electrons. The van der Waals surface area contributed by atoms with Crippen LogP contribution in [0.4, 0.5) is 9.59 Å². The first-order valence-electron chi connectivity index (χ1n) is 9.55. The Labute approximate surface area is 170 Å².